The molecule has 2 heterocycles. The summed E-state index contributed by atoms with van der Waals surface area (Å²) in [7, 11) is 1.65. The molecule has 0 radical (unpaired) electrons. The lowest BCUT2D eigenvalue weighted by atomic mass is 10.2. The van der Waals surface area contributed by atoms with E-state index in [-0.39, 0.29) is 12.3 Å². The van der Waals surface area contributed by atoms with Gasteiger partial charge in [0.2, 0.25) is 5.91 Å². The second kappa shape index (κ2) is 9.76. The molecule has 0 aliphatic carbocycles. The van der Waals surface area contributed by atoms with Crippen molar-refractivity contribution in [3.8, 4) is 16.3 Å². The zero-order chi connectivity index (χ0) is 20.8. The number of amides is 1. The van der Waals surface area contributed by atoms with Crippen LogP contribution in [0.25, 0.3) is 10.6 Å². The highest BCUT2D eigenvalue weighted by Crippen LogP contribution is 2.26. The van der Waals surface area contributed by atoms with Crippen molar-refractivity contribution in [2.45, 2.75) is 32.1 Å². The van der Waals surface area contributed by atoms with E-state index in [2.05, 4.69) is 27.3 Å². The summed E-state index contributed by atoms with van der Waals surface area (Å²) in [6.45, 7) is 2.23. The minimum atomic E-state index is -0.0518. The van der Waals surface area contributed by atoms with Crippen molar-refractivity contribution >= 4 is 28.6 Å². The van der Waals surface area contributed by atoms with E-state index in [0.717, 1.165) is 40.8 Å². The average molecular weight is 422 g/mol. The van der Waals surface area contributed by atoms with E-state index in [1.165, 1.54) is 31.4 Å². The summed E-state index contributed by atoms with van der Waals surface area (Å²) < 4.78 is 5.19. The average Bonchev–Trinajstić information content (AvgIpc) is 3.06. The van der Waals surface area contributed by atoms with Crippen molar-refractivity contribution in [1.82, 2.24) is 4.98 Å². The molecule has 1 amide bonds. The number of hydrogen-bond donors (Lipinski definition) is 1. The Morgan fingerprint density at radius 2 is 1.73 bits per heavy atom. The highest BCUT2D eigenvalue weighted by atomic mass is 32.1. The van der Waals surface area contributed by atoms with Gasteiger partial charge in [-0.25, -0.2) is 4.98 Å². The van der Waals surface area contributed by atoms with Crippen molar-refractivity contribution < 1.29 is 9.53 Å². The van der Waals surface area contributed by atoms with Crippen LogP contribution in [0, 0.1) is 0 Å². The predicted octanol–water partition coefficient (Wildman–Crippen LogP) is 5.38. The van der Waals surface area contributed by atoms with Crippen molar-refractivity contribution in [3.63, 3.8) is 0 Å². The predicted molar refractivity (Wildman–Crippen MR) is 124 cm³/mol. The summed E-state index contributed by atoms with van der Waals surface area (Å²) in [5.41, 5.74) is 3.86. The second-order valence-electron chi connectivity index (χ2n) is 7.55. The van der Waals surface area contributed by atoms with E-state index < -0.39 is 0 Å². The number of carbonyl (C=O) groups excluding carboxylic acids is 1. The molecule has 1 saturated heterocycles. The first-order valence-electron chi connectivity index (χ1n) is 10.4. The third kappa shape index (κ3) is 5.19. The smallest absolute Gasteiger partial charge is 0.230 e. The Morgan fingerprint density at radius 3 is 2.40 bits per heavy atom. The minimum absolute atomic E-state index is 0.0518. The lowest BCUT2D eigenvalue weighted by Crippen LogP contribution is -2.23. The summed E-state index contributed by atoms with van der Waals surface area (Å²) in [5.74, 6) is 0.765. The molecular formula is C24H27N3O2S. The van der Waals surface area contributed by atoms with E-state index in [9.17, 15) is 4.79 Å². The lowest BCUT2D eigenvalue weighted by Gasteiger charge is -2.22. The van der Waals surface area contributed by atoms with Gasteiger partial charge in [-0.1, -0.05) is 12.8 Å². The van der Waals surface area contributed by atoms with Crippen LogP contribution in [0.3, 0.4) is 0 Å². The molecule has 3 aromatic rings. The standard InChI is InChI=1S/C24H27N3O2S/c1-29-22-12-6-18(7-13-22)24-26-20(17-30-24)16-23(28)25-19-8-10-21(11-9-19)27-14-4-2-3-5-15-27/h6-13,17H,2-5,14-16H2,1H3,(H,25,28). The molecule has 0 spiro atoms. The first-order chi connectivity index (χ1) is 14.7. The molecule has 4 rings (SSSR count). The maximum absolute atomic E-state index is 12.5. The highest BCUT2D eigenvalue weighted by molar-refractivity contribution is 7.13. The van der Waals surface area contributed by atoms with Gasteiger partial charge >= 0.3 is 0 Å². The second-order valence-corrected chi connectivity index (χ2v) is 8.40. The largest absolute Gasteiger partial charge is 0.497 e. The number of nitrogens with one attached hydrogen (secondary N) is 1. The molecule has 0 atom stereocenters. The third-order valence-corrected chi connectivity index (χ3v) is 6.29. The van der Waals surface area contributed by atoms with Gasteiger partial charge in [-0.3, -0.25) is 4.79 Å². The monoisotopic (exact) mass is 421 g/mol. The Labute approximate surface area is 181 Å². The summed E-state index contributed by atoms with van der Waals surface area (Å²) in [4.78, 5) is 19.5. The van der Waals surface area contributed by atoms with Gasteiger partial charge in [0.1, 0.15) is 10.8 Å². The number of anilines is 2. The number of thiazole rings is 1. The molecule has 0 bridgehead atoms. The van der Waals surface area contributed by atoms with Crippen LogP contribution in [0.1, 0.15) is 31.4 Å². The Bertz CT molecular complexity index is 959. The summed E-state index contributed by atoms with van der Waals surface area (Å²) in [5, 5.41) is 5.84. The van der Waals surface area contributed by atoms with Gasteiger partial charge in [0, 0.05) is 35.4 Å². The first-order valence-corrected chi connectivity index (χ1v) is 11.3. The van der Waals surface area contributed by atoms with Crippen molar-refractivity contribution in [2.24, 2.45) is 0 Å². The molecule has 5 nitrogen and oxygen atoms in total. The van der Waals surface area contributed by atoms with Gasteiger partial charge < -0.3 is 15.0 Å². The van der Waals surface area contributed by atoms with Gasteiger partial charge in [0.05, 0.1) is 19.2 Å². The summed E-state index contributed by atoms with van der Waals surface area (Å²) in [6, 6.07) is 16.0. The summed E-state index contributed by atoms with van der Waals surface area (Å²) >= 11 is 1.55. The van der Waals surface area contributed by atoms with Crippen LogP contribution in [0.2, 0.25) is 0 Å². The quantitative estimate of drug-likeness (QED) is 0.581. The molecule has 30 heavy (non-hydrogen) atoms. The normalized spacial score (nSPS) is 14.2. The number of aromatic nitrogens is 1. The van der Waals surface area contributed by atoms with Crippen LogP contribution in [0.5, 0.6) is 5.75 Å². The molecule has 0 saturated carbocycles. The fourth-order valence-electron chi connectivity index (χ4n) is 3.71. The number of carbonyl (C=O) groups is 1. The number of benzene rings is 2. The Morgan fingerprint density at radius 1 is 1.03 bits per heavy atom. The van der Waals surface area contributed by atoms with E-state index >= 15 is 0 Å². The van der Waals surface area contributed by atoms with E-state index in [4.69, 9.17) is 4.74 Å². The van der Waals surface area contributed by atoms with E-state index in [1.807, 2.05) is 41.8 Å². The SMILES string of the molecule is COc1ccc(-c2nc(CC(=O)Nc3ccc(N4CCCCCC4)cc3)cs2)cc1. The molecule has 0 unspecified atom stereocenters. The van der Waals surface area contributed by atoms with Gasteiger partial charge in [0.15, 0.2) is 0 Å². The van der Waals surface area contributed by atoms with Crippen LogP contribution < -0.4 is 15.0 Å². The molecule has 2 aromatic carbocycles. The minimum Gasteiger partial charge on any atom is -0.497 e. The molecule has 6 heteroatoms. The number of ether oxygens (including phenoxy) is 1. The van der Waals surface area contributed by atoms with Gasteiger partial charge in [-0.05, 0) is 61.4 Å². The number of rotatable bonds is 6. The first kappa shape index (κ1) is 20.4. The zero-order valence-electron chi connectivity index (χ0n) is 17.3. The molecule has 156 valence electrons. The maximum atomic E-state index is 12.5. The Balaban J connectivity index is 1.33. The Hall–Kier alpha value is -2.86. The lowest BCUT2D eigenvalue weighted by molar-refractivity contribution is -0.115. The number of hydrogen-bond acceptors (Lipinski definition) is 5. The molecule has 1 aliphatic rings. The number of nitrogens with zero attached hydrogens (tertiary/aromatic N) is 2. The van der Waals surface area contributed by atoms with Crippen molar-refractivity contribution in [1.29, 1.82) is 0 Å². The van der Waals surface area contributed by atoms with Gasteiger partial charge in [-0.2, -0.15) is 0 Å². The van der Waals surface area contributed by atoms with E-state index in [0.29, 0.717) is 0 Å². The summed E-state index contributed by atoms with van der Waals surface area (Å²) in [6.07, 6.45) is 5.42. The van der Waals surface area contributed by atoms with Gasteiger partial charge in [-0.15, -0.1) is 11.3 Å². The topological polar surface area (TPSA) is 54.5 Å². The molecule has 1 aliphatic heterocycles. The van der Waals surface area contributed by atoms with Crippen LogP contribution in [-0.4, -0.2) is 31.1 Å². The molecule has 1 N–H and O–H groups in total. The fraction of sp³-hybridized carbons (Fsp3) is 0.333. The fourth-order valence-corrected chi connectivity index (χ4v) is 4.53. The third-order valence-electron chi connectivity index (χ3n) is 5.35. The zero-order valence-corrected chi connectivity index (χ0v) is 18.1. The van der Waals surface area contributed by atoms with Crippen LogP contribution in [0.15, 0.2) is 53.9 Å². The van der Waals surface area contributed by atoms with Crippen molar-refractivity contribution in [3.05, 3.63) is 59.6 Å². The van der Waals surface area contributed by atoms with E-state index in [1.54, 1.807) is 18.4 Å². The van der Waals surface area contributed by atoms with Crippen LogP contribution >= 0.6 is 11.3 Å². The Kier molecular flexibility index (Phi) is 6.64. The molecule has 1 fully saturated rings. The molecule has 1 aromatic heterocycles. The number of methoxy groups -OCH3 is 1. The van der Waals surface area contributed by atoms with Crippen LogP contribution in [0.4, 0.5) is 11.4 Å². The highest BCUT2D eigenvalue weighted by Gasteiger charge is 2.12. The van der Waals surface area contributed by atoms with Crippen LogP contribution in [-0.2, 0) is 11.2 Å². The molecular weight excluding hydrogens is 394 g/mol. The van der Waals surface area contributed by atoms with Crippen molar-refractivity contribution in [2.75, 3.05) is 30.4 Å². The maximum Gasteiger partial charge on any atom is 0.230 e. The van der Waals surface area contributed by atoms with Gasteiger partial charge in [0.25, 0.3) is 0 Å².